The molecule has 0 unspecified atom stereocenters. The summed E-state index contributed by atoms with van der Waals surface area (Å²) in [4.78, 5) is 32.8. The molecule has 1 saturated heterocycles. The number of thiocarbonyl (C=S) groups is 1. The van der Waals surface area contributed by atoms with Crippen molar-refractivity contribution >= 4 is 51.7 Å². The fraction of sp³-hybridized carbons (Fsp3) is 0.478. The average Bonchev–Trinajstić information content (AvgIpc) is 3.05. The second kappa shape index (κ2) is 12.3. The van der Waals surface area contributed by atoms with Crippen molar-refractivity contribution < 1.29 is 14.3 Å². The van der Waals surface area contributed by atoms with Crippen molar-refractivity contribution in [1.29, 1.82) is 0 Å². The molecular formula is C23H30N4O4S2. The Morgan fingerprint density at radius 3 is 2.82 bits per heavy atom. The summed E-state index contributed by atoms with van der Waals surface area (Å²) in [5.74, 6) is 0.243. The minimum absolute atomic E-state index is 0.166. The Morgan fingerprint density at radius 2 is 2.06 bits per heavy atom. The summed E-state index contributed by atoms with van der Waals surface area (Å²) in [6.45, 7) is 8.79. The molecule has 1 amide bonds. The molecular weight excluding hydrogens is 460 g/mol. The summed E-state index contributed by atoms with van der Waals surface area (Å²) >= 11 is 6.61. The van der Waals surface area contributed by atoms with Crippen LogP contribution in [0, 0.1) is 0 Å². The number of rotatable bonds is 12. The number of carbonyl (C=O) groups is 1. The van der Waals surface area contributed by atoms with E-state index in [0.717, 1.165) is 6.42 Å². The SMILES string of the molecule is CCOCCCN1C(=O)/C(=C/c2c(NCCCOC(C)C)nc3ccccn3c2=O)SC1=S. The standard InChI is InChI=1S/C23H30N4O4S2/c1-4-30-13-8-12-27-22(29)18(33-23(27)32)15-17-20(24-10-7-14-31-16(2)3)25-19-9-5-6-11-26(19)21(17)28/h5-6,9,11,15-16,24H,4,7-8,10,12-14H2,1-3H3/b18-15-. The molecule has 0 aliphatic carbocycles. The molecule has 3 heterocycles. The number of pyridine rings is 1. The van der Waals surface area contributed by atoms with E-state index >= 15 is 0 Å². The number of ether oxygens (including phenoxy) is 2. The molecule has 3 rings (SSSR count). The molecule has 1 N–H and O–H groups in total. The van der Waals surface area contributed by atoms with Crippen molar-refractivity contribution in [3.05, 3.63) is 45.2 Å². The number of carbonyl (C=O) groups excluding carboxylic acids is 1. The average molecular weight is 491 g/mol. The van der Waals surface area contributed by atoms with Gasteiger partial charge in [-0.2, -0.15) is 0 Å². The Bertz CT molecular complexity index is 1080. The Morgan fingerprint density at radius 1 is 1.24 bits per heavy atom. The molecule has 1 aliphatic heterocycles. The lowest BCUT2D eigenvalue weighted by Crippen LogP contribution is -2.29. The molecule has 178 valence electrons. The second-order valence-corrected chi connectivity index (χ2v) is 9.37. The highest BCUT2D eigenvalue weighted by Crippen LogP contribution is 2.33. The monoisotopic (exact) mass is 490 g/mol. The highest BCUT2D eigenvalue weighted by atomic mass is 32.2. The molecule has 2 aromatic heterocycles. The third-order valence-corrected chi connectivity index (χ3v) is 6.24. The van der Waals surface area contributed by atoms with Gasteiger partial charge >= 0.3 is 0 Å². The normalized spacial score (nSPS) is 15.4. The zero-order chi connectivity index (χ0) is 23.8. The van der Waals surface area contributed by atoms with Crippen LogP contribution in [0.5, 0.6) is 0 Å². The van der Waals surface area contributed by atoms with Crippen molar-refractivity contribution in [2.45, 2.75) is 39.7 Å². The van der Waals surface area contributed by atoms with Crippen LogP contribution in [0.25, 0.3) is 11.7 Å². The van der Waals surface area contributed by atoms with Gasteiger partial charge in [0.25, 0.3) is 11.5 Å². The van der Waals surface area contributed by atoms with Gasteiger partial charge in [0.1, 0.15) is 15.8 Å². The Balaban J connectivity index is 1.85. The molecule has 2 aromatic rings. The zero-order valence-electron chi connectivity index (χ0n) is 19.2. The van der Waals surface area contributed by atoms with Crippen molar-refractivity contribution in [2.75, 3.05) is 38.2 Å². The van der Waals surface area contributed by atoms with Gasteiger partial charge in [-0.05, 0) is 51.8 Å². The third-order valence-electron chi connectivity index (χ3n) is 4.86. The maximum Gasteiger partial charge on any atom is 0.267 e. The maximum absolute atomic E-state index is 13.3. The van der Waals surface area contributed by atoms with Gasteiger partial charge in [-0.15, -0.1) is 0 Å². The molecule has 33 heavy (non-hydrogen) atoms. The number of amides is 1. The van der Waals surface area contributed by atoms with Gasteiger partial charge in [0.15, 0.2) is 0 Å². The maximum atomic E-state index is 13.3. The lowest BCUT2D eigenvalue weighted by Gasteiger charge is -2.14. The van der Waals surface area contributed by atoms with Crippen LogP contribution in [-0.2, 0) is 14.3 Å². The fourth-order valence-electron chi connectivity index (χ4n) is 3.26. The van der Waals surface area contributed by atoms with Crippen LogP contribution in [0.1, 0.15) is 39.2 Å². The third kappa shape index (κ3) is 6.63. The lowest BCUT2D eigenvalue weighted by molar-refractivity contribution is -0.122. The molecule has 1 fully saturated rings. The van der Waals surface area contributed by atoms with E-state index in [1.165, 1.54) is 16.2 Å². The number of nitrogens with zero attached hydrogens (tertiary/aromatic N) is 3. The topological polar surface area (TPSA) is 85.2 Å². The number of anilines is 1. The van der Waals surface area contributed by atoms with E-state index in [1.54, 1.807) is 29.3 Å². The van der Waals surface area contributed by atoms with E-state index in [9.17, 15) is 9.59 Å². The van der Waals surface area contributed by atoms with Gasteiger partial charge in [-0.1, -0.05) is 30.0 Å². The van der Waals surface area contributed by atoms with Gasteiger partial charge in [0, 0.05) is 39.1 Å². The van der Waals surface area contributed by atoms with Crippen molar-refractivity contribution in [2.24, 2.45) is 0 Å². The largest absolute Gasteiger partial charge is 0.382 e. The smallest absolute Gasteiger partial charge is 0.267 e. The first kappa shape index (κ1) is 25.4. The summed E-state index contributed by atoms with van der Waals surface area (Å²) < 4.78 is 12.9. The lowest BCUT2D eigenvalue weighted by atomic mass is 10.2. The summed E-state index contributed by atoms with van der Waals surface area (Å²) in [7, 11) is 0. The first-order chi connectivity index (χ1) is 15.9. The van der Waals surface area contributed by atoms with Gasteiger partial charge < -0.3 is 14.8 Å². The molecule has 0 spiro atoms. The number of fused-ring (bicyclic) bond motifs is 1. The second-order valence-electron chi connectivity index (χ2n) is 7.69. The molecule has 0 aromatic carbocycles. The highest BCUT2D eigenvalue weighted by molar-refractivity contribution is 8.26. The summed E-state index contributed by atoms with van der Waals surface area (Å²) in [5, 5.41) is 3.25. The minimum atomic E-state index is -0.247. The molecule has 0 bridgehead atoms. The van der Waals surface area contributed by atoms with E-state index in [-0.39, 0.29) is 17.6 Å². The first-order valence-corrected chi connectivity index (χ1v) is 12.3. The number of aromatic nitrogens is 2. The molecule has 1 aliphatic rings. The Labute approximate surface area is 203 Å². The number of hydrogen-bond donors (Lipinski definition) is 1. The van der Waals surface area contributed by atoms with Gasteiger partial charge in [0.2, 0.25) is 0 Å². The van der Waals surface area contributed by atoms with Crippen molar-refractivity contribution in [3.8, 4) is 0 Å². The molecule has 8 nitrogen and oxygen atoms in total. The Kier molecular flexibility index (Phi) is 9.42. The van der Waals surface area contributed by atoms with Crippen LogP contribution in [0.2, 0.25) is 0 Å². The zero-order valence-corrected chi connectivity index (χ0v) is 20.8. The highest BCUT2D eigenvalue weighted by Gasteiger charge is 2.32. The van der Waals surface area contributed by atoms with E-state index in [2.05, 4.69) is 10.3 Å². The summed E-state index contributed by atoms with van der Waals surface area (Å²) in [6, 6.07) is 5.37. The predicted molar refractivity (Wildman–Crippen MR) is 137 cm³/mol. The number of hydrogen-bond acceptors (Lipinski definition) is 8. The number of thioether (sulfide) groups is 1. The van der Waals surface area contributed by atoms with E-state index in [0.29, 0.717) is 65.6 Å². The van der Waals surface area contributed by atoms with Crippen LogP contribution >= 0.6 is 24.0 Å². The molecule has 0 saturated carbocycles. The Hall–Kier alpha value is -2.27. The predicted octanol–water partition coefficient (Wildman–Crippen LogP) is 3.55. The van der Waals surface area contributed by atoms with Crippen molar-refractivity contribution in [3.63, 3.8) is 0 Å². The van der Waals surface area contributed by atoms with Crippen LogP contribution in [0.4, 0.5) is 5.82 Å². The molecule has 10 heteroatoms. The first-order valence-electron chi connectivity index (χ1n) is 11.1. The molecule has 0 atom stereocenters. The van der Waals surface area contributed by atoms with Gasteiger partial charge in [0.05, 0.1) is 16.6 Å². The van der Waals surface area contributed by atoms with E-state index in [4.69, 9.17) is 21.7 Å². The minimum Gasteiger partial charge on any atom is -0.382 e. The van der Waals surface area contributed by atoms with Crippen LogP contribution < -0.4 is 10.9 Å². The van der Waals surface area contributed by atoms with E-state index in [1.807, 2.05) is 26.8 Å². The summed E-state index contributed by atoms with van der Waals surface area (Å²) in [5.41, 5.74) is 0.616. The summed E-state index contributed by atoms with van der Waals surface area (Å²) in [6.07, 6.45) is 4.89. The van der Waals surface area contributed by atoms with Gasteiger partial charge in [-0.3, -0.25) is 18.9 Å². The fourth-order valence-corrected chi connectivity index (χ4v) is 4.55. The van der Waals surface area contributed by atoms with Crippen LogP contribution in [-0.4, -0.2) is 63.5 Å². The van der Waals surface area contributed by atoms with Crippen LogP contribution in [0.3, 0.4) is 0 Å². The van der Waals surface area contributed by atoms with E-state index < -0.39 is 0 Å². The van der Waals surface area contributed by atoms with Crippen molar-refractivity contribution in [1.82, 2.24) is 14.3 Å². The van der Waals surface area contributed by atoms with Gasteiger partial charge in [-0.25, -0.2) is 4.98 Å². The quantitative estimate of drug-likeness (QED) is 0.275. The van der Waals surface area contributed by atoms with Crippen LogP contribution in [0.15, 0.2) is 34.1 Å². The number of nitrogens with one attached hydrogen (secondary N) is 1. The molecule has 0 radical (unpaired) electrons.